The van der Waals surface area contributed by atoms with E-state index in [9.17, 15) is 9.50 Å². The second kappa shape index (κ2) is 5.46. The molecule has 0 saturated heterocycles. The van der Waals surface area contributed by atoms with Crippen LogP contribution in [-0.2, 0) is 0 Å². The molecule has 0 fully saturated rings. The standard InChI is InChI=1S/C15H19FO/c1-11-8-13(10-14(16)9-11)15(17)12-6-4-2-3-5-7-12/h6,8-10,15,17H,2-5,7H2,1H3. The van der Waals surface area contributed by atoms with E-state index in [4.69, 9.17) is 0 Å². The van der Waals surface area contributed by atoms with Crippen molar-refractivity contribution in [3.05, 3.63) is 46.8 Å². The van der Waals surface area contributed by atoms with Crippen molar-refractivity contribution in [3.8, 4) is 0 Å². The van der Waals surface area contributed by atoms with Gasteiger partial charge >= 0.3 is 0 Å². The molecule has 1 atom stereocenters. The van der Waals surface area contributed by atoms with Crippen LogP contribution in [0.1, 0.15) is 49.3 Å². The van der Waals surface area contributed by atoms with Crippen molar-refractivity contribution in [2.24, 2.45) is 0 Å². The SMILES string of the molecule is Cc1cc(F)cc(C(O)C2=CCCCCC2)c1. The van der Waals surface area contributed by atoms with Crippen LogP contribution in [0.3, 0.4) is 0 Å². The van der Waals surface area contributed by atoms with Crippen molar-refractivity contribution >= 4 is 0 Å². The lowest BCUT2D eigenvalue weighted by Crippen LogP contribution is -2.02. The van der Waals surface area contributed by atoms with Gasteiger partial charge in [-0.05, 0) is 61.4 Å². The third kappa shape index (κ3) is 3.16. The molecule has 1 aliphatic rings. The summed E-state index contributed by atoms with van der Waals surface area (Å²) in [6, 6.07) is 4.78. The van der Waals surface area contributed by atoms with Gasteiger partial charge in [-0.15, -0.1) is 0 Å². The predicted molar refractivity (Wildman–Crippen MR) is 67.3 cm³/mol. The monoisotopic (exact) mass is 234 g/mol. The van der Waals surface area contributed by atoms with Crippen molar-refractivity contribution in [2.75, 3.05) is 0 Å². The van der Waals surface area contributed by atoms with E-state index in [0.29, 0.717) is 5.56 Å². The second-order valence-corrected chi connectivity index (χ2v) is 4.84. The Morgan fingerprint density at radius 1 is 1.18 bits per heavy atom. The molecule has 1 unspecified atom stereocenters. The first-order chi connectivity index (χ1) is 8.16. The number of allylic oxidation sites excluding steroid dienone is 1. The first-order valence-corrected chi connectivity index (χ1v) is 6.31. The lowest BCUT2D eigenvalue weighted by Gasteiger charge is -2.15. The van der Waals surface area contributed by atoms with Gasteiger partial charge in [0.2, 0.25) is 0 Å². The molecule has 1 N–H and O–H groups in total. The Bertz CT molecular complexity index is 403. The average molecular weight is 234 g/mol. The summed E-state index contributed by atoms with van der Waals surface area (Å²) in [5, 5.41) is 10.3. The first-order valence-electron chi connectivity index (χ1n) is 6.31. The minimum Gasteiger partial charge on any atom is -0.384 e. The van der Waals surface area contributed by atoms with Gasteiger partial charge in [-0.3, -0.25) is 0 Å². The van der Waals surface area contributed by atoms with E-state index in [2.05, 4.69) is 6.08 Å². The summed E-state index contributed by atoms with van der Waals surface area (Å²) < 4.78 is 13.3. The highest BCUT2D eigenvalue weighted by molar-refractivity contribution is 5.30. The Morgan fingerprint density at radius 3 is 2.76 bits per heavy atom. The van der Waals surface area contributed by atoms with Gasteiger partial charge in [-0.1, -0.05) is 18.6 Å². The van der Waals surface area contributed by atoms with E-state index in [1.807, 2.05) is 13.0 Å². The molecule has 1 aliphatic carbocycles. The van der Waals surface area contributed by atoms with Gasteiger partial charge in [-0.25, -0.2) is 4.39 Å². The lowest BCUT2D eigenvalue weighted by molar-refractivity contribution is 0.210. The zero-order valence-corrected chi connectivity index (χ0v) is 10.2. The lowest BCUT2D eigenvalue weighted by atomic mass is 9.96. The number of benzene rings is 1. The molecule has 0 spiro atoms. The van der Waals surface area contributed by atoms with Crippen molar-refractivity contribution in [2.45, 2.75) is 45.1 Å². The van der Waals surface area contributed by atoms with Gasteiger partial charge in [0.15, 0.2) is 0 Å². The predicted octanol–water partition coefficient (Wildman–Crippen LogP) is 4.06. The molecule has 0 saturated carbocycles. The summed E-state index contributed by atoms with van der Waals surface area (Å²) in [6.07, 6.45) is 6.97. The van der Waals surface area contributed by atoms with E-state index in [0.717, 1.165) is 30.4 Å². The molecule has 0 radical (unpaired) electrons. The molecular formula is C15H19FO. The van der Waals surface area contributed by atoms with Gasteiger partial charge < -0.3 is 5.11 Å². The van der Waals surface area contributed by atoms with Crippen molar-refractivity contribution in [1.29, 1.82) is 0 Å². The van der Waals surface area contributed by atoms with E-state index in [1.54, 1.807) is 0 Å². The largest absolute Gasteiger partial charge is 0.384 e. The van der Waals surface area contributed by atoms with Gasteiger partial charge in [-0.2, -0.15) is 0 Å². The topological polar surface area (TPSA) is 20.2 Å². The maximum atomic E-state index is 13.3. The molecule has 2 rings (SSSR count). The normalized spacial score (nSPS) is 18.4. The summed E-state index contributed by atoms with van der Waals surface area (Å²) in [6.45, 7) is 1.85. The third-order valence-corrected chi connectivity index (χ3v) is 3.31. The van der Waals surface area contributed by atoms with Crippen LogP contribution >= 0.6 is 0 Å². The van der Waals surface area contributed by atoms with Gasteiger partial charge in [0, 0.05) is 0 Å². The Labute approximate surface area is 102 Å². The number of halogens is 1. The fraction of sp³-hybridized carbons (Fsp3) is 0.467. The van der Waals surface area contributed by atoms with Crippen LogP contribution in [0.2, 0.25) is 0 Å². The van der Waals surface area contributed by atoms with Crippen LogP contribution in [0.25, 0.3) is 0 Å². The minimum absolute atomic E-state index is 0.270. The van der Waals surface area contributed by atoms with Gasteiger partial charge in [0.25, 0.3) is 0 Å². The summed E-state index contributed by atoms with van der Waals surface area (Å²) >= 11 is 0. The quantitative estimate of drug-likeness (QED) is 0.765. The maximum absolute atomic E-state index is 13.3. The fourth-order valence-electron chi connectivity index (χ4n) is 2.42. The summed E-state index contributed by atoms with van der Waals surface area (Å²) in [4.78, 5) is 0. The molecule has 1 aromatic rings. The summed E-state index contributed by atoms with van der Waals surface area (Å²) in [5.74, 6) is -0.270. The zero-order chi connectivity index (χ0) is 12.3. The van der Waals surface area contributed by atoms with E-state index < -0.39 is 6.10 Å². The molecule has 2 heteroatoms. The molecule has 0 aromatic heterocycles. The number of aryl methyl sites for hydroxylation is 1. The van der Waals surface area contributed by atoms with E-state index >= 15 is 0 Å². The van der Waals surface area contributed by atoms with Gasteiger partial charge in [0.05, 0.1) is 0 Å². The van der Waals surface area contributed by atoms with E-state index in [-0.39, 0.29) is 5.82 Å². The Hall–Kier alpha value is -1.15. The van der Waals surface area contributed by atoms with Crippen LogP contribution in [0.4, 0.5) is 4.39 Å². The molecule has 92 valence electrons. The van der Waals surface area contributed by atoms with Crippen molar-refractivity contribution in [3.63, 3.8) is 0 Å². The molecule has 0 bridgehead atoms. The van der Waals surface area contributed by atoms with Crippen LogP contribution in [-0.4, -0.2) is 5.11 Å². The smallest absolute Gasteiger partial charge is 0.123 e. The highest BCUT2D eigenvalue weighted by Gasteiger charge is 2.15. The number of hydrogen-bond donors (Lipinski definition) is 1. The maximum Gasteiger partial charge on any atom is 0.123 e. The molecule has 0 aliphatic heterocycles. The molecular weight excluding hydrogens is 215 g/mol. The molecule has 1 nitrogen and oxygen atoms in total. The molecule has 0 amide bonds. The van der Waals surface area contributed by atoms with Gasteiger partial charge in [0.1, 0.15) is 11.9 Å². The first kappa shape index (κ1) is 12.3. The van der Waals surface area contributed by atoms with Crippen molar-refractivity contribution < 1.29 is 9.50 Å². The average Bonchev–Trinajstić information content (AvgIpc) is 2.55. The van der Waals surface area contributed by atoms with Crippen molar-refractivity contribution in [1.82, 2.24) is 0 Å². The van der Waals surface area contributed by atoms with Crippen LogP contribution < -0.4 is 0 Å². The Morgan fingerprint density at radius 2 is 2.00 bits per heavy atom. The van der Waals surface area contributed by atoms with Crippen LogP contribution in [0, 0.1) is 12.7 Å². The molecule has 17 heavy (non-hydrogen) atoms. The zero-order valence-electron chi connectivity index (χ0n) is 10.2. The van der Waals surface area contributed by atoms with Crippen LogP contribution in [0.5, 0.6) is 0 Å². The number of rotatable bonds is 2. The Balaban J connectivity index is 2.23. The highest BCUT2D eigenvalue weighted by Crippen LogP contribution is 2.29. The highest BCUT2D eigenvalue weighted by atomic mass is 19.1. The fourth-order valence-corrected chi connectivity index (χ4v) is 2.42. The second-order valence-electron chi connectivity index (χ2n) is 4.84. The summed E-state index contributed by atoms with van der Waals surface area (Å²) in [5.41, 5.74) is 2.58. The summed E-state index contributed by atoms with van der Waals surface area (Å²) in [7, 11) is 0. The number of aliphatic hydroxyl groups is 1. The third-order valence-electron chi connectivity index (χ3n) is 3.31. The minimum atomic E-state index is -0.637. The van der Waals surface area contributed by atoms with Crippen LogP contribution in [0.15, 0.2) is 29.8 Å². The molecule has 0 heterocycles. The molecule has 1 aromatic carbocycles. The van der Waals surface area contributed by atoms with E-state index in [1.165, 1.54) is 25.0 Å². The number of hydrogen-bond acceptors (Lipinski definition) is 1. The number of aliphatic hydroxyl groups excluding tert-OH is 1. The Kier molecular flexibility index (Phi) is 3.95.